The lowest BCUT2D eigenvalue weighted by Gasteiger charge is -2.21. The van der Waals surface area contributed by atoms with Gasteiger partial charge in [-0.2, -0.15) is 0 Å². The van der Waals surface area contributed by atoms with Gasteiger partial charge in [0.05, 0.1) is 0 Å². The summed E-state index contributed by atoms with van der Waals surface area (Å²) in [4.78, 5) is 25.1. The van der Waals surface area contributed by atoms with E-state index in [9.17, 15) is 9.59 Å². The van der Waals surface area contributed by atoms with Gasteiger partial charge in [0.1, 0.15) is 0 Å². The van der Waals surface area contributed by atoms with Crippen molar-refractivity contribution in [1.29, 1.82) is 0 Å². The van der Waals surface area contributed by atoms with Gasteiger partial charge in [-0.3, -0.25) is 9.59 Å². The molecule has 7 nitrogen and oxygen atoms in total. The van der Waals surface area contributed by atoms with Gasteiger partial charge in [-0.1, -0.05) is 6.92 Å². The van der Waals surface area contributed by atoms with Crippen molar-refractivity contribution >= 4 is 11.8 Å². The van der Waals surface area contributed by atoms with Crippen LogP contribution in [0.15, 0.2) is 0 Å². The van der Waals surface area contributed by atoms with Crippen LogP contribution in [0.5, 0.6) is 0 Å². The summed E-state index contributed by atoms with van der Waals surface area (Å²) in [7, 11) is 0. The van der Waals surface area contributed by atoms with E-state index in [0.717, 1.165) is 13.0 Å². The van der Waals surface area contributed by atoms with Crippen LogP contribution in [0.4, 0.5) is 0 Å². The first-order valence-electron chi connectivity index (χ1n) is 7.29. The minimum atomic E-state index is 0.00383. The van der Waals surface area contributed by atoms with Gasteiger partial charge in [-0.25, -0.2) is 0 Å². The molecular weight excluding hydrogens is 258 g/mol. The summed E-state index contributed by atoms with van der Waals surface area (Å²) in [5, 5.41) is 5.48. The van der Waals surface area contributed by atoms with E-state index >= 15 is 0 Å². The molecule has 20 heavy (non-hydrogen) atoms. The Bertz CT molecular complexity index is 249. The first-order valence-corrected chi connectivity index (χ1v) is 7.29. The molecule has 7 heteroatoms. The van der Waals surface area contributed by atoms with Crippen molar-refractivity contribution < 1.29 is 9.59 Å². The van der Waals surface area contributed by atoms with Gasteiger partial charge in [-0.05, 0) is 13.0 Å². The number of nitrogens with one attached hydrogen (secondary N) is 2. The molecule has 118 valence electrons. The molecule has 0 bridgehead atoms. The topological polar surface area (TPSA) is 113 Å². The summed E-state index contributed by atoms with van der Waals surface area (Å²) in [6.07, 6.45) is 1.86. The predicted octanol–water partition coefficient (Wildman–Crippen LogP) is -1.37. The van der Waals surface area contributed by atoms with Crippen LogP contribution < -0.4 is 22.1 Å². The molecule has 0 aromatic rings. The van der Waals surface area contributed by atoms with E-state index in [4.69, 9.17) is 11.5 Å². The third kappa shape index (κ3) is 10.7. The Kier molecular flexibility index (Phi) is 12.1. The molecule has 0 atom stereocenters. The van der Waals surface area contributed by atoms with Crippen LogP contribution in [-0.4, -0.2) is 62.5 Å². The van der Waals surface area contributed by atoms with Crippen LogP contribution in [0.2, 0.25) is 0 Å². The lowest BCUT2D eigenvalue weighted by Crippen LogP contribution is -2.36. The van der Waals surface area contributed by atoms with Crippen molar-refractivity contribution in [2.45, 2.75) is 26.2 Å². The highest BCUT2D eigenvalue weighted by Crippen LogP contribution is 1.97. The van der Waals surface area contributed by atoms with Crippen molar-refractivity contribution in [3.05, 3.63) is 0 Å². The Balaban J connectivity index is 3.91. The third-order valence-corrected chi connectivity index (χ3v) is 2.78. The van der Waals surface area contributed by atoms with E-state index in [2.05, 4.69) is 22.5 Å². The van der Waals surface area contributed by atoms with Crippen molar-refractivity contribution in [1.82, 2.24) is 15.5 Å². The number of amides is 2. The SMILES string of the molecule is CCCN(CCC(=O)NCCN)CCC(=O)NCCN. The number of hydrogen-bond donors (Lipinski definition) is 4. The molecule has 0 fully saturated rings. The smallest absolute Gasteiger partial charge is 0.221 e. The normalized spacial score (nSPS) is 10.6. The minimum absolute atomic E-state index is 0.00383. The lowest BCUT2D eigenvalue weighted by atomic mass is 10.3. The highest BCUT2D eigenvalue weighted by Gasteiger charge is 2.09. The van der Waals surface area contributed by atoms with Crippen LogP contribution in [0.25, 0.3) is 0 Å². The van der Waals surface area contributed by atoms with E-state index < -0.39 is 0 Å². The van der Waals surface area contributed by atoms with Gasteiger partial charge in [0.25, 0.3) is 0 Å². The quantitative estimate of drug-likeness (QED) is 0.354. The molecule has 2 amide bonds. The molecule has 0 aliphatic carbocycles. The summed E-state index contributed by atoms with van der Waals surface area (Å²) in [6.45, 7) is 6.20. The minimum Gasteiger partial charge on any atom is -0.355 e. The molecule has 0 heterocycles. The Hall–Kier alpha value is -1.18. The van der Waals surface area contributed by atoms with E-state index in [0.29, 0.717) is 52.1 Å². The summed E-state index contributed by atoms with van der Waals surface area (Å²) < 4.78 is 0. The fourth-order valence-corrected chi connectivity index (χ4v) is 1.77. The molecule has 0 rings (SSSR count). The second-order valence-corrected chi connectivity index (χ2v) is 4.62. The fraction of sp³-hybridized carbons (Fsp3) is 0.846. The summed E-state index contributed by atoms with van der Waals surface area (Å²) >= 11 is 0. The van der Waals surface area contributed by atoms with E-state index in [1.807, 2.05) is 0 Å². The standard InChI is InChI=1S/C13H29N5O2/c1-2-9-18(10-3-12(19)16-7-5-14)11-4-13(20)17-8-6-15/h2-11,14-15H2,1H3,(H,16,19)(H,17,20). The number of hydrogen-bond acceptors (Lipinski definition) is 5. The zero-order valence-corrected chi connectivity index (χ0v) is 12.5. The van der Waals surface area contributed by atoms with Gasteiger partial charge in [-0.15, -0.1) is 0 Å². The first kappa shape index (κ1) is 18.8. The maximum absolute atomic E-state index is 11.5. The molecule has 0 unspecified atom stereocenters. The largest absolute Gasteiger partial charge is 0.355 e. The van der Waals surface area contributed by atoms with Crippen molar-refractivity contribution in [3.63, 3.8) is 0 Å². The number of nitrogens with two attached hydrogens (primary N) is 2. The second kappa shape index (κ2) is 12.8. The molecule has 0 aliphatic heterocycles. The number of carbonyl (C=O) groups is 2. The average Bonchev–Trinajstić information content (AvgIpc) is 2.45. The van der Waals surface area contributed by atoms with E-state index in [1.54, 1.807) is 0 Å². The van der Waals surface area contributed by atoms with E-state index in [1.165, 1.54) is 0 Å². The van der Waals surface area contributed by atoms with Crippen LogP contribution in [-0.2, 0) is 9.59 Å². The van der Waals surface area contributed by atoms with Gasteiger partial charge >= 0.3 is 0 Å². The molecule has 0 saturated carbocycles. The number of nitrogens with zero attached hydrogens (tertiary/aromatic N) is 1. The van der Waals surface area contributed by atoms with Crippen LogP contribution >= 0.6 is 0 Å². The Morgan fingerprint density at radius 2 is 1.35 bits per heavy atom. The first-order chi connectivity index (χ1) is 9.63. The number of carbonyl (C=O) groups excluding carboxylic acids is 2. The van der Waals surface area contributed by atoms with Gasteiger partial charge in [0.15, 0.2) is 0 Å². The predicted molar refractivity (Wildman–Crippen MR) is 80.1 cm³/mol. The summed E-state index contributed by atoms with van der Waals surface area (Å²) in [5.41, 5.74) is 10.6. The Labute approximate surface area is 121 Å². The molecular formula is C13H29N5O2. The average molecular weight is 287 g/mol. The molecule has 0 saturated heterocycles. The number of rotatable bonds is 12. The van der Waals surface area contributed by atoms with Crippen molar-refractivity contribution in [2.75, 3.05) is 45.8 Å². The Morgan fingerprint density at radius 1 is 0.900 bits per heavy atom. The van der Waals surface area contributed by atoms with Crippen molar-refractivity contribution in [3.8, 4) is 0 Å². The third-order valence-electron chi connectivity index (χ3n) is 2.78. The molecule has 6 N–H and O–H groups in total. The summed E-state index contributed by atoms with van der Waals surface area (Å²) in [6, 6.07) is 0. The monoisotopic (exact) mass is 287 g/mol. The highest BCUT2D eigenvalue weighted by molar-refractivity contribution is 5.76. The molecule has 0 aromatic carbocycles. The molecule has 0 radical (unpaired) electrons. The molecule has 0 aromatic heterocycles. The molecule has 0 aliphatic rings. The van der Waals surface area contributed by atoms with Gasteiger partial charge < -0.3 is 27.0 Å². The van der Waals surface area contributed by atoms with Gasteiger partial charge in [0, 0.05) is 52.1 Å². The van der Waals surface area contributed by atoms with Gasteiger partial charge in [0.2, 0.25) is 11.8 Å². The zero-order valence-electron chi connectivity index (χ0n) is 12.5. The van der Waals surface area contributed by atoms with Crippen LogP contribution in [0, 0.1) is 0 Å². The fourth-order valence-electron chi connectivity index (χ4n) is 1.77. The summed E-state index contributed by atoms with van der Waals surface area (Å²) in [5.74, 6) is 0.00766. The van der Waals surface area contributed by atoms with Crippen LogP contribution in [0.3, 0.4) is 0 Å². The lowest BCUT2D eigenvalue weighted by molar-refractivity contribution is -0.121. The maximum atomic E-state index is 11.5. The van der Waals surface area contributed by atoms with Crippen molar-refractivity contribution in [2.24, 2.45) is 11.5 Å². The molecule has 0 spiro atoms. The maximum Gasteiger partial charge on any atom is 0.221 e. The highest BCUT2D eigenvalue weighted by atomic mass is 16.2. The Morgan fingerprint density at radius 3 is 1.70 bits per heavy atom. The second-order valence-electron chi connectivity index (χ2n) is 4.62. The van der Waals surface area contributed by atoms with Crippen LogP contribution in [0.1, 0.15) is 26.2 Å². The zero-order chi connectivity index (χ0) is 15.2. The van der Waals surface area contributed by atoms with E-state index in [-0.39, 0.29) is 11.8 Å².